The van der Waals surface area contributed by atoms with Crippen LogP contribution in [0.1, 0.15) is 33.1 Å². The molecule has 2 saturated carbocycles. The Morgan fingerprint density at radius 3 is 2.61 bits per heavy atom. The number of hydrogen-bond acceptors (Lipinski definition) is 5. The molecule has 0 aromatic rings. The molecule has 0 heterocycles. The normalized spacial score (nSPS) is 47.2. The zero-order chi connectivity index (χ0) is 20.7. The molecule has 28 heavy (non-hydrogen) atoms. The van der Waals surface area contributed by atoms with Crippen LogP contribution in [0.25, 0.3) is 0 Å². The molecule has 7 heteroatoms. The molecule has 4 rings (SSSR count). The molecule has 2 fully saturated rings. The molecule has 0 spiro atoms. The Balaban J connectivity index is 1.75. The van der Waals surface area contributed by atoms with Crippen molar-refractivity contribution in [3.8, 4) is 0 Å². The molecule has 0 saturated heterocycles. The van der Waals surface area contributed by atoms with Gasteiger partial charge >= 0.3 is 6.11 Å². The fourth-order valence-electron chi connectivity index (χ4n) is 6.37. The molecule has 5 nitrogen and oxygen atoms in total. The summed E-state index contributed by atoms with van der Waals surface area (Å²) < 4.78 is 26.8. The van der Waals surface area contributed by atoms with E-state index in [9.17, 15) is 28.6 Å². The van der Waals surface area contributed by atoms with Crippen molar-refractivity contribution in [3.63, 3.8) is 0 Å². The maximum Gasteiger partial charge on any atom is 0.417 e. The number of rotatable bonds is 2. The summed E-state index contributed by atoms with van der Waals surface area (Å²) in [4.78, 5) is 24.0. The highest BCUT2D eigenvalue weighted by molar-refractivity contribution is 6.01. The zero-order valence-electron chi connectivity index (χ0n) is 15.7. The quantitative estimate of drug-likeness (QED) is 0.622. The van der Waals surface area contributed by atoms with Crippen molar-refractivity contribution in [2.24, 2.45) is 28.6 Å². The first-order valence-electron chi connectivity index (χ1n) is 9.54. The van der Waals surface area contributed by atoms with Gasteiger partial charge in [0.25, 0.3) is 5.78 Å². The van der Waals surface area contributed by atoms with Gasteiger partial charge in [-0.2, -0.15) is 8.78 Å². The molecule has 0 amide bonds. The molecule has 3 N–H and O–H groups in total. The second-order valence-corrected chi connectivity index (χ2v) is 9.13. The fraction of sp³-hybridized carbons (Fsp3) is 0.619. The highest BCUT2D eigenvalue weighted by atomic mass is 19.3. The van der Waals surface area contributed by atoms with Crippen LogP contribution in [0.5, 0.6) is 0 Å². The van der Waals surface area contributed by atoms with E-state index >= 15 is 0 Å². The lowest BCUT2D eigenvalue weighted by molar-refractivity contribution is -0.230. The number of Topliss-reactive ketones (excluding diaryl/α,β-unsaturated/α-hetero) is 1. The summed E-state index contributed by atoms with van der Waals surface area (Å²) in [5.74, 6) is -2.91. The highest BCUT2D eigenvalue weighted by Crippen LogP contribution is 2.65. The Hall–Kier alpha value is -1.70. The first-order valence-corrected chi connectivity index (χ1v) is 9.54. The van der Waals surface area contributed by atoms with Gasteiger partial charge in [0.1, 0.15) is 0 Å². The SMILES string of the molecule is C[C@]12C=CC(=O)C=C1CC[C@@H]1[C@@H]2C(O)C[C@@]2(C)[C@H]1C=C[C@]2(O)C(=O)C(O)(F)F. The predicted molar refractivity (Wildman–Crippen MR) is 95.0 cm³/mol. The van der Waals surface area contributed by atoms with Gasteiger partial charge in [0.05, 0.1) is 6.10 Å². The van der Waals surface area contributed by atoms with E-state index in [0.717, 1.165) is 11.6 Å². The summed E-state index contributed by atoms with van der Waals surface area (Å²) in [7, 11) is 0. The number of carbonyl (C=O) groups excluding carboxylic acids is 2. The predicted octanol–water partition coefficient (Wildman–Crippen LogP) is 1.93. The van der Waals surface area contributed by atoms with Crippen LogP contribution in [0.4, 0.5) is 8.78 Å². The minimum absolute atomic E-state index is 0.0746. The first kappa shape index (κ1) is 19.6. The van der Waals surface area contributed by atoms with Gasteiger partial charge in [-0.3, -0.25) is 9.59 Å². The van der Waals surface area contributed by atoms with Crippen LogP contribution >= 0.6 is 0 Å². The lowest BCUT2D eigenvalue weighted by atomic mass is 9.46. The van der Waals surface area contributed by atoms with Gasteiger partial charge in [0, 0.05) is 16.7 Å². The zero-order valence-corrected chi connectivity index (χ0v) is 15.7. The molecule has 7 atom stereocenters. The van der Waals surface area contributed by atoms with E-state index in [-0.39, 0.29) is 24.0 Å². The number of halogens is 2. The van der Waals surface area contributed by atoms with E-state index in [4.69, 9.17) is 5.11 Å². The third kappa shape index (κ3) is 2.33. The van der Waals surface area contributed by atoms with E-state index in [1.165, 1.54) is 13.0 Å². The van der Waals surface area contributed by atoms with Crippen molar-refractivity contribution in [2.45, 2.75) is 50.9 Å². The molecule has 0 aliphatic heterocycles. The number of hydrogen-bond donors (Lipinski definition) is 3. The summed E-state index contributed by atoms with van der Waals surface area (Å²) >= 11 is 0. The van der Waals surface area contributed by atoms with Gasteiger partial charge in [-0.1, -0.05) is 31.6 Å². The van der Waals surface area contributed by atoms with Crippen LogP contribution in [-0.2, 0) is 9.59 Å². The van der Waals surface area contributed by atoms with Gasteiger partial charge in [0.2, 0.25) is 0 Å². The van der Waals surface area contributed by atoms with Crippen LogP contribution in [0, 0.1) is 28.6 Å². The van der Waals surface area contributed by atoms with Crippen LogP contribution in [0.2, 0.25) is 0 Å². The lowest BCUT2D eigenvalue weighted by Gasteiger charge is -2.59. The van der Waals surface area contributed by atoms with E-state index in [1.807, 2.05) is 13.0 Å². The second-order valence-electron chi connectivity index (χ2n) is 9.13. The minimum atomic E-state index is -4.67. The summed E-state index contributed by atoms with van der Waals surface area (Å²) in [5.41, 5.74) is -3.52. The fourth-order valence-corrected chi connectivity index (χ4v) is 6.37. The van der Waals surface area contributed by atoms with Crippen molar-refractivity contribution >= 4 is 11.6 Å². The van der Waals surface area contributed by atoms with Crippen molar-refractivity contribution in [2.75, 3.05) is 0 Å². The van der Waals surface area contributed by atoms with Gasteiger partial charge in [-0.05, 0) is 49.3 Å². The maximum atomic E-state index is 13.4. The largest absolute Gasteiger partial charge is 0.417 e. The molecule has 1 unspecified atom stereocenters. The summed E-state index contributed by atoms with van der Waals surface area (Å²) in [6.07, 6.45) is 3.06. The molecule has 0 aromatic carbocycles. The molecular formula is C21H24F2O5. The third-order valence-electron chi connectivity index (χ3n) is 7.78. The summed E-state index contributed by atoms with van der Waals surface area (Å²) in [6, 6.07) is 0. The van der Waals surface area contributed by atoms with Crippen LogP contribution in [0.15, 0.2) is 36.0 Å². The first-order chi connectivity index (χ1) is 12.8. The Labute approximate surface area is 161 Å². The Bertz CT molecular complexity index is 840. The van der Waals surface area contributed by atoms with Crippen molar-refractivity contribution in [1.82, 2.24) is 0 Å². The molecule has 0 bridgehead atoms. The Morgan fingerprint density at radius 1 is 1.29 bits per heavy atom. The highest BCUT2D eigenvalue weighted by Gasteiger charge is 2.69. The standard InChI is InChI=1S/C21H24F2O5/c1-18-7-5-12(24)9-11(18)3-4-13-14-6-8-20(27,17(26)21(22,23)28)19(14,2)10-15(25)16(13)18/h5-9,13-16,25,27-28H,3-4,10H2,1-2H3/t13-,14-,15?,16+,18-,19-,20-/m0/s1. The number of alkyl halides is 2. The molecule has 0 radical (unpaired) electrons. The number of allylic oxidation sites excluding steroid dienone is 5. The maximum absolute atomic E-state index is 13.4. The van der Waals surface area contributed by atoms with Crippen LogP contribution in [0.3, 0.4) is 0 Å². The number of fused-ring (bicyclic) bond motifs is 5. The van der Waals surface area contributed by atoms with Gasteiger partial charge < -0.3 is 15.3 Å². The van der Waals surface area contributed by atoms with Crippen molar-refractivity contribution in [1.29, 1.82) is 0 Å². The Morgan fingerprint density at radius 2 is 1.96 bits per heavy atom. The Kier molecular flexibility index (Phi) is 3.98. The van der Waals surface area contributed by atoms with E-state index in [1.54, 1.807) is 12.2 Å². The van der Waals surface area contributed by atoms with Gasteiger partial charge in [0.15, 0.2) is 11.4 Å². The van der Waals surface area contributed by atoms with Crippen LogP contribution < -0.4 is 0 Å². The van der Waals surface area contributed by atoms with Crippen LogP contribution in [-0.4, -0.2) is 44.7 Å². The average molecular weight is 394 g/mol. The van der Waals surface area contributed by atoms with E-state index < -0.39 is 40.3 Å². The molecular weight excluding hydrogens is 370 g/mol. The van der Waals surface area contributed by atoms with E-state index in [0.29, 0.717) is 12.8 Å². The van der Waals surface area contributed by atoms with Crippen molar-refractivity contribution < 1.29 is 33.7 Å². The minimum Gasteiger partial charge on any atom is -0.393 e. The monoisotopic (exact) mass is 394 g/mol. The third-order valence-corrected chi connectivity index (χ3v) is 7.78. The number of aliphatic hydroxyl groups is 3. The second kappa shape index (κ2) is 5.68. The topological polar surface area (TPSA) is 94.8 Å². The average Bonchev–Trinajstić information content (AvgIpc) is 2.85. The number of carbonyl (C=O) groups is 2. The molecule has 0 aromatic heterocycles. The lowest BCUT2D eigenvalue weighted by Crippen LogP contribution is -2.63. The van der Waals surface area contributed by atoms with Crippen molar-refractivity contribution in [3.05, 3.63) is 36.0 Å². The van der Waals surface area contributed by atoms with Gasteiger partial charge in [-0.15, -0.1) is 0 Å². The van der Waals surface area contributed by atoms with E-state index in [2.05, 4.69) is 0 Å². The number of aliphatic hydroxyl groups excluding tert-OH is 1. The molecule has 4 aliphatic carbocycles. The van der Waals surface area contributed by atoms with Gasteiger partial charge in [-0.25, -0.2) is 0 Å². The molecule has 4 aliphatic rings. The summed E-state index contributed by atoms with van der Waals surface area (Å²) in [6.45, 7) is 3.48. The number of ketones is 2. The smallest absolute Gasteiger partial charge is 0.393 e. The molecule has 152 valence electrons. The summed E-state index contributed by atoms with van der Waals surface area (Å²) in [5, 5.41) is 30.9.